The lowest BCUT2D eigenvalue weighted by Gasteiger charge is -2.00. The molecule has 0 aromatic heterocycles. The molecule has 0 bridgehead atoms. The van der Waals surface area contributed by atoms with Crippen molar-refractivity contribution in [3.8, 4) is 0 Å². The molecule has 3 rings (SSSR count). The number of amides is 1. The van der Waals surface area contributed by atoms with Gasteiger partial charge in [-0.3, -0.25) is 4.79 Å². The summed E-state index contributed by atoms with van der Waals surface area (Å²) >= 11 is 1.27. The summed E-state index contributed by atoms with van der Waals surface area (Å²) in [5.74, 6) is -0.583. The molecule has 0 unspecified atom stereocenters. The number of carbonyl (C=O) groups is 2. The molecule has 1 N–H and O–H groups in total. The molecule has 1 heterocycles. The maximum absolute atomic E-state index is 12.0. The van der Waals surface area contributed by atoms with Gasteiger partial charge < -0.3 is 10.1 Å². The molecule has 0 atom stereocenters. The third-order valence-electron chi connectivity index (χ3n) is 3.51. The Morgan fingerprint density at radius 3 is 2.54 bits per heavy atom. The summed E-state index contributed by atoms with van der Waals surface area (Å²) in [6.45, 7) is 0. The van der Waals surface area contributed by atoms with Crippen molar-refractivity contribution in [3.63, 3.8) is 0 Å². The normalized spacial score (nSPS) is 17.0. The van der Waals surface area contributed by atoms with Crippen molar-refractivity contribution in [1.29, 1.82) is 0 Å². The Hall–Kier alpha value is -3.12. The van der Waals surface area contributed by atoms with Crippen LogP contribution in [0, 0.1) is 0 Å². The number of aliphatic imine (C=N–C) groups is 1. The number of nitrogens with zero attached hydrogens (tertiary/aromatic N) is 1. The van der Waals surface area contributed by atoms with Crippen molar-refractivity contribution in [1.82, 2.24) is 5.32 Å². The van der Waals surface area contributed by atoms with Crippen molar-refractivity contribution in [2.45, 2.75) is 0 Å². The minimum Gasteiger partial charge on any atom is -0.465 e. The molecule has 1 amide bonds. The van der Waals surface area contributed by atoms with Crippen molar-refractivity contribution >= 4 is 40.6 Å². The van der Waals surface area contributed by atoms with Crippen LogP contribution in [0.5, 0.6) is 0 Å². The van der Waals surface area contributed by atoms with E-state index in [0.717, 1.165) is 5.56 Å². The molecule has 1 aliphatic rings. The number of benzene rings is 2. The average molecular weight is 364 g/mol. The van der Waals surface area contributed by atoms with Crippen LogP contribution in [-0.4, -0.2) is 24.2 Å². The van der Waals surface area contributed by atoms with Crippen LogP contribution in [0.2, 0.25) is 0 Å². The second kappa shape index (κ2) is 8.31. The van der Waals surface area contributed by atoms with E-state index in [0.29, 0.717) is 21.3 Å². The Morgan fingerprint density at radius 1 is 1.12 bits per heavy atom. The molecule has 26 heavy (non-hydrogen) atoms. The predicted octanol–water partition coefficient (Wildman–Crippen LogP) is 3.92. The van der Waals surface area contributed by atoms with E-state index in [1.54, 1.807) is 30.3 Å². The van der Waals surface area contributed by atoms with Gasteiger partial charge in [-0.2, -0.15) is 0 Å². The van der Waals surface area contributed by atoms with Crippen LogP contribution in [0.4, 0.5) is 5.69 Å². The molecule has 1 fully saturated rings. The van der Waals surface area contributed by atoms with E-state index >= 15 is 0 Å². The summed E-state index contributed by atoms with van der Waals surface area (Å²) in [4.78, 5) is 28.4. The lowest BCUT2D eigenvalue weighted by molar-refractivity contribution is -0.115. The minimum atomic E-state index is -0.400. The SMILES string of the molecule is COC(=O)c1ccc(N=C2NC(=O)/C(=C/C=C\c3ccccc3)S2)cc1. The van der Waals surface area contributed by atoms with Gasteiger partial charge in [-0.25, -0.2) is 9.79 Å². The molecule has 0 aliphatic carbocycles. The minimum absolute atomic E-state index is 0.183. The molecule has 2 aromatic carbocycles. The highest BCUT2D eigenvalue weighted by molar-refractivity contribution is 8.18. The predicted molar refractivity (Wildman–Crippen MR) is 104 cm³/mol. The van der Waals surface area contributed by atoms with Gasteiger partial charge in [0.15, 0.2) is 5.17 Å². The van der Waals surface area contributed by atoms with Crippen molar-refractivity contribution in [2.24, 2.45) is 4.99 Å². The van der Waals surface area contributed by atoms with Crippen LogP contribution >= 0.6 is 11.8 Å². The largest absolute Gasteiger partial charge is 0.465 e. The van der Waals surface area contributed by atoms with Gasteiger partial charge in [0.05, 0.1) is 23.3 Å². The summed E-state index contributed by atoms with van der Waals surface area (Å²) in [6, 6.07) is 16.5. The van der Waals surface area contributed by atoms with Gasteiger partial charge >= 0.3 is 5.97 Å². The number of amidine groups is 1. The smallest absolute Gasteiger partial charge is 0.337 e. The van der Waals surface area contributed by atoms with E-state index in [9.17, 15) is 9.59 Å². The molecule has 130 valence electrons. The second-order valence-electron chi connectivity index (χ2n) is 5.31. The topological polar surface area (TPSA) is 67.8 Å². The molecule has 5 nitrogen and oxygen atoms in total. The first-order valence-corrected chi connectivity index (χ1v) is 8.67. The number of esters is 1. The molecule has 2 aromatic rings. The highest BCUT2D eigenvalue weighted by Crippen LogP contribution is 2.26. The van der Waals surface area contributed by atoms with Gasteiger partial charge in [0, 0.05) is 0 Å². The average Bonchev–Trinajstić information content (AvgIpc) is 3.02. The number of ether oxygens (including phenoxy) is 1. The van der Waals surface area contributed by atoms with Crippen LogP contribution in [-0.2, 0) is 9.53 Å². The highest BCUT2D eigenvalue weighted by Gasteiger charge is 2.23. The first-order valence-electron chi connectivity index (χ1n) is 7.85. The van der Waals surface area contributed by atoms with Crippen molar-refractivity contribution in [3.05, 3.63) is 82.8 Å². The monoisotopic (exact) mass is 364 g/mol. The Balaban J connectivity index is 1.69. The standard InChI is InChI=1S/C20H16N2O3S/c1-25-19(24)15-10-12-16(13-11-15)21-20-22-18(23)17(26-20)9-5-8-14-6-3-2-4-7-14/h2-13H,1H3,(H,21,22,23)/b8-5-,17-9-. The van der Waals surface area contributed by atoms with Gasteiger partial charge in [-0.15, -0.1) is 0 Å². The third-order valence-corrected chi connectivity index (χ3v) is 4.43. The molecular formula is C20H16N2O3S. The summed E-state index contributed by atoms with van der Waals surface area (Å²) in [5.41, 5.74) is 2.15. The van der Waals surface area contributed by atoms with Crippen molar-refractivity contribution in [2.75, 3.05) is 7.11 Å². The fourth-order valence-corrected chi connectivity index (χ4v) is 3.01. The van der Waals surface area contributed by atoms with E-state index in [1.807, 2.05) is 42.5 Å². The zero-order valence-electron chi connectivity index (χ0n) is 14.0. The van der Waals surface area contributed by atoms with Crippen LogP contribution < -0.4 is 5.32 Å². The van der Waals surface area contributed by atoms with E-state index in [-0.39, 0.29) is 5.91 Å². The Labute approximate surface area is 155 Å². The molecule has 0 radical (unpaired) electrons. The van der Waals surface area contributed by atoms with E-state index in [1.165, 1.54) is 18.9 Å². The summed E-state index contributed by atoms with van der Waals surface area (Å²) in [6.07, 6.45) is 5.53. The van der Waals surface area contributed by atoms with Crippen LogP contribution in [0.3, 0.4) is 0 Å². The Bertz CT molecular complexity index is 900. The molecule has 1 aliphatic heterocycles. The maximum atomic E-state index is 12.0. The molecular weight excluding hydrogens is 348 g/mol. The Kier molecular flexibility index (Phi) is 5.66. The van der Waals surface area contributed by atoms with Crippen LogP contribution in [0.25, 0.3) is 6.08 Å². The number of hydrogen-bond donors (Lipinski definition) is 1. The first-order chi connectivity index (χ1) is 12.7. The molecule has 6 heteroatoms. The molecule has 1 saturated heterocycles. The second-order valence-corrected chi connectivity index (χ2v) is 6.34. The number of thioether (sulfide) groups is 1. The molecule has 0 spiro atoms. The number of carbonyl (C=O) groups excluding carboxylic acids is 2. The van der Waals surface area contributed by atoms with Gasteiger partial charge in [0.2, 0.25) is 0 Å². The summed E-state index contributed by atoms with van der Waals surface area (Å²) in [7, 11) is 1.33. The number of nitrogens with one attached hydrogen (secondary N) is 1. The van der Waals surface area contributed by atoms with Gasteiger partial charge in [-0.1, -0.05) is 42.5 Å². The maximum Gasteiger partial charge on any atom is 0.337 e. The third kappa shape index (κ3) is 4.49. The zero-order valence-corrected chi connectivity index (χ0v) is 14.8. The summed E-state index contributed by atoms with van der Waals surface area (Å²) < 4.78 is 4.66. The number of rotatable bonds is 4. The van der Waals surface area contributed by atoms with E-state index in [2.05, 4.69) is 15.0 Å². The Morgan fingerprint density at radius 2 is 1.85 bits per heavy atom. The fourth-order valence-electron chi connectivity index (χ4n) is 2.21. The lowest BCUT2D eigenvalue weighted by Crippen LogP contribution is -2.19. The van der Waals surface area contributed by atoms with Crippen molar-refractivity contribution < 1.29 is 14.3 Å². The quantitative estimate of drug-likeness (QED) is 0.659. The van der Waals surface area contributed by atoms with Gasteiger partial charge in [0.1, 0.15) is 0 Å². The fraction of sp³-hybridized carbons (Fsp3) is 0.0500. The number of allylic oxidation sites excluding steroid dienone is 2. The van der Waals surface area contributed by atoms with E-state index in [4.69, 9.17) is 0 Å². The van der Waals surface area contributed by atoms with E-state index < -0.39 is 5.97 Å². The number of methoxy groups -OCH3 is 1. The first kappa shape index (κ1) is 17.7. The highest BCUT2D eigenvalue weighted by atomic mass is 32.2. The lowest BCUT2D eigenvalue weighted by atomic mass is 10.2. The zero-order chi connectivity index (χ0) is 18.4. The van der Waals surface area contributed by atoms with Crippen LogP contribution in [0.15, 0.2) is 76.6 Å². The van der Waals surface area contributed by atoms with Crippen LogP contribution in [0.1, 0.15) is 15.9 Å². The van der Waals surface area contributed by atoms with Gasteiger partial charge in [0.25, 0.3) is 5.91 Å². The molecule has 0 saturated carbocycles. The van der Waals surface area contributed by atoms with Gasteiger partial charge in [-0.05, 0) is 47.7 Å². The number of hydrogen-bond acceptors (Lipinski definition) is 5. The summed E-state index contributed by atoms with van der Waals surface area (Å²) in [5, 5.41) is 3.23.